The van der Waals surface area contributed by atoms with Gasteiger partial charge in [0, 0.05) is 19.6 Å². The van der Waals surface area contributed by atoms with Crippen molar-refractivity contribution in [2.75, 3.05) is 26.2 Å². The molecule has 0 aromatic carbocycles. The molecule has 1 heterocycles. The Labute approximate surface area is 90.8 Å². The predicted molar refractivity (Wildman–Crippen MR) is 57.6 cm³/mol. The minimum Gasteiger partial charge on any atom is -0.363 e. The second-order valence-electron chi connectivity index (χ2n) is 5.43. The summed E-state index contributed by atoms with van der Waals surface area (Å²) in [5, 5.41) is 6.06. The molecule has 0 radical (unpaired) electrons. The number of hydrogen-bond acceptors (Lipinski definition) is 3. The zero-order chi connectivity index (χ0) is 10.9. The minimum atomic E-state index is -0.124. The van der Waals surface area contributed by atoms with Crippen molar-refractivity contribution in [1.29, 1.82) is 0 Å². The smallest absolute Gasteiger partial charge is 0.246 e. The van der Waals surface area contributed by atoms with Crippen molar-refractivity contribution in [3.63, 3.8) is 0 Å². The summed E-state index contributed by atoms with van der Waals surface area (Å²) in [5.41, 5.74) is 0.248. The lowest BCUT2D eigenvalue weighted by molar-refractivity contribution is -0.136. The van der Waals surface area contributed by atoms with Gasteiger partial charge in [-0.2, -0.15) is 0 Å². The van der Waals surface area contributed by atoms with Crippen LogP contribution in [0.25, 0.3) is 0 Å². The molecule has 1 aliphatic heterocycles. The molecule has 1 saturated carbocycles. The van der Waals surface area contributed by atoms with Gasteiger partial charge in [-0.05, 0) is 25.2 Å². The van der Waals surface area contributed by atoms with Crippen molar-refractivity contribution in [2.24, 2.45) is 5.41 Å². The summed E-state index contributed by atoms with van der Waals surface area (Å²) in [6.45, 7) is 6.90. The maximum Gasteiger partial charge on any atom is 0.246 e. The molecule has 2 rings (SSSR count). The van der Waals surface area contributed by atoms with E-state index in [0.717, 1.165) is 19.6 Å². The molecule has 4 heteroatoms. The minimum absolute atomic E-state index is 0.0104. The van der Waals surface area contributed by atoms with Gasteiger partial charge < -0.3 is 15.4 Å². The van der Waals surface area contributed by atoms with Gasteiger partial charge in [0.25, 0.3) is 0 Å². The van der Waals surface area contributed by atoms with Crippen LogP contribution in [0.4, 0.5) is 0 Å². The van der Waals surface area contributed by atoms with E-state index in [9.17, 15) is 4.79 Å². The molecule has 2 fully saturated rings. The number of hydrogen-bond donors (Lipinski definition) is 2. The van der Waals surface area contributed by atoms with Gasteiger partial charge in [-0.1, -0.05) is 6.92 Å². The van der Waals surface area contributed by atoms with E-state index in [-0.39, 0.29) is 18.1 Å². The average Bonchev–Trinajstić information content (AvgIpc) is 2.88. The number of ether oxygens (including phenoxy) is 1. The second kappa shape index (κ2) is 3.76. The highest BCUT2D eigenvalue weighted by Crippen LogP contribution is 2.43. The molecule has 0 aromatic rings. The van der Waals surface area contributed by atoms with E-state index in [2.05, 4.69) is 17.6 Å². The molecule has 1 amide bonds. The number of nitrogens with one attached hydrogen (secondary N) is 2. The van der Waals surface area contributed by atoms with Gasteiger partial charge in [0.2, 0.25) is 5.91 Å². The molecule has 2 aliphatic rings. The summed E-state index contributed by atoms with van der Waals surface area (Å²) in [7, 11) is 0. The molecule has 2 N–H and O–H groups in total. The van der Waals surface area contributed by atoms with Crippen LogP contribution >= 0.6 is 0 Å². The van der Waals surface area contributed by atoms with Gasteiger partial charge in [0.1, 0.15) is 6.61 Å². The lowest BCUT2D eigenvalue weighted by atomic mass is 10.0. The van der Waals surface area contributed by atoms with Crippen molar-refractivity contribution in [3.05, 3.63) is 0 Å². The van der Waals surface area contributed by atoms with Gasteiger partial charge in [-0.25, -0.2) is 0 Å². The summed E-state index contributed by atoms with van der Waals surface area (Å²) in [5.74, 6) is 0.0104. The van der Waals surface area contributed by atoms with Crippen LogP contribution in [-0.2, 0) is 9.53 Å². The van der Waals surface area contributed by atoms with Gasteiger partial charge in [-0.3, -0.25) is 4.79 Å². The predicted octanol–water partition coefficient (Wildman–Crippen LogP) is 0.281. The molecule has 0 atom stereocenters. The number of carbonyl (C=O) groups is 1. The monoisotopic (exact) mass is 212 g/mol. The molecule has 1 aliphatic carbocycles. The summed E-state index contributed by atoms with van der Waals surface area (Å²) in [6, 6.07) is 0. The van der Waals surface area contributed by atoms with E-state index in [1.807, 2.05) is 6.92 Å². The van der Waals surface area contributed by atoms with Crippen LogP contribution in [0.15, 0.2) is 0 Å². The van der Waals surface area contributed by atoms with E-state index in [1.54, 1.807) is 0 Å². The maximum absolute atomic E-state index is 11.4. The fourth-order valence-corrected chi connectivity index (χ4v) is 1.57. The Bertz CT molecular complexity index is 257. The van der Waals surface area contributed by atoms with E-state index in [4.69, 9.17) is 4.74 Å². The van der Waals surface area contributed by atoms with Crippen LogP contribution in [0, 0.1) is 5.41 Å². The fraction of sp³-hybridized carbons (Fsp3) is 0.909. The molecule has 15 heavy (non-hydrogen) atoms. The molecular formula is C11H20N2O2. The third-order valence-corrected chi connectivity index (χ3v) is 3.37. The summed E-state index contributed by atoms with van der Waals surface area (Å²) >= 11 is 0. The topological polar surface area (TPSA) is 50.4 Å². The largest absolute Gasteiger partial charge is 0.363 e. The highest BCUT2D eigenvalue weighted by Gasteiger charge is 2.37. The Kier molecular flexibility index (Phi) is 2.73. The highest BCUT2D eigenvalue weighted by atomic mass is 16.5. The first-order valence-electron chi connectivity index (χ1n) is 5.63. The quantitative estimate of drug-likeness (QED) is 0.688. The van der Waals surface area contributed by atoms with Gasteiger partial charge >= 0.3 is 0 Å². The standard InChI is InChI=1S/C11H20N2O2/c1-10(3-4-10)6-13-9(14)5-15-11(2)7-12-8-11/h12H,3-8H2,1-2H3,(H,13,14). The summed E-state index contributed by atoms with van der Waals surface area (Å²) in [4.78, 5) is 11.4. The number of carbonyl (C=O) groups excluding carboxylic acids is 1. The van der Waals surface area contributed by atoms with Crippen molar-refractivity contribution in [3.8, 4) is 0 Å². The molecule has 4 nitrogen and oxygen atoms in total. The fourth-order valence-electron chi connectivity index (χ4n) is 1.57. The average molecular weight is 212 g/mol. The number of amides is 1. The van der Waals surface area contributed by atoms with Gasteiger partial charge in [-0.15, -0.1) is 0 Å². The first-order valence-corrected chi connectivity index (χ1v) is 5.63. The first-order chi connectivity index (χ1) is 7.02. The summed E-state index contributed by atoms with van der Waals surface area (Å²) < 4.78 is 5.54. The number of rotatable bonds is 5. The van der Waals surface area contributed by atoms with Crippen molar-refractivity contribution >= 4 is 5.91 Å². The Morgan fingerprint density at radius 3 is 2.53 bits per heavy atom. The molecule has 0 unspecified atom stereocenters. The van der Waals surface area contributed by atoms with Crippen LogP contribution in [0.2, 0.25) is 0 Å². The zero-order valence-electron chi connectivity index (χ0n) is 9.56. The van der Waals surface area contributed by atoms with E-state index in [0.29, 0.717) is 5.41 Å². The van der Waals surface area contributed by atoms with E-state index in [1.165, 1.54) is 12.8 Å². The third-order valence-electron chi connectivity index (χ3n) is 3.37. The Morgan fingerprint density at radius 2 is 2.07 bits per heavy atom. The lowest BCUT2D eigenvalue weighted by Crippen LogP contribution is -2.59. The summed E-state index contributed by atoms with van der Waals surface area (Å²) in [6.07, 6.45) is 2.46. The van der Waals surface area contributed by atoms with E-state index < -0.39 is 0 Å². The van der Waals surface area contributed by atoms with Crippen LogP contribution in [0.1, 0.15) is 26.7 Å². The van der Waals surface area contributed by atoms with Crippen LogP contribution < -0.4 is 10.6 Å². The molecular weight excluding hydrogens is 192 g/mol. The van der Waals surface area contributed by atoms with Gasteiger partial charge in [0.05, 0.1) is 5.60 Å². The van der Waals surface area contributed by atoms with E-state index >= 15 is 0 Å². The molecule has 86 valence electrons. The van der Waals surface area contributed by atoms with Gasteiger partial charge in [0.15, 0.2) is 0 Å². The van der Waals surface area contributed by atoms with Crippen molar-refractivity contribution in [2.45, 2.75) is 32.3 Å². The Hall–Kier alpha value is -0.610. The zero-order valence-corrected chi connectivity index (χ0v) is 9.56. The van der Waals surface area contributed by atoms with Crippen LogP contribution in [-0.4, -0.2) is 37.7 Å². The van der Waals surface area contributed by atoms with Crippen molar-refractivity contribution in [1.82, 2.24) is 10.6 Å². The first kappa shape index (κ1) is 10.9. The van der Waals surface area contributed by atoms with Crippen LogP contribution in [0.3, 0.4) is 0 Å². The normalized spacial score (nSPS) is 25.5. The highest BCUT2D eigenvalue weighted by molar-refractivity contribution is 5.77. The second-order valence-corrected chi connectivity index (χ2v) is 5.43. The SMILES string of the molecule is CC1(CNC(=O)COC2(C)CNC2)CC1. The Morgan fingerprint density at radius 1 is 1.40 bits per heavy atom. The maximum atomic E-state index is 11.4. The molecule has 0 aromatic heterocycles. The van der Waals surface area contributed by atoms with Crippen LogP contribution in [0.5, 0.6) is 0 Å². The Balaban J connectivity index is 1.60. The third kappa shape index (κ3) is 2.92. The lowest BCUT2D eigenvalue weighted by Gasteiger charge is -2.38. The molecule has 0 spiro atoms. The van der Waals surface area contributed by atoms with Crippen molar-refractivity contribution < 1.29 is 9.53 Å². The molecule has 1 saturated heterocycles. The molecule has 0 bridgehead atoms.